The van der Waals surface area contributed by atoms with Gasteiger partial charge in [0.25, 0.3) is 0 Å². The van der Waals surface area contributed by atoms with Crippen molar-refractivity contribution in [3.8, 4) is 17.7 Å². The summed E-state index contributed by atoms with van der Waals surface area (Å²) in [7, 11) is 1.85. The van der Waals surface area contributed by atoms with Crippen LogP contribution >= 0.6 is 11.6 Å². The fourth-order valence-corrected chi connectivity index (χ4v) is 1.36. The van der Waals surface area contributed by atoms with Gasteiger partial charge < -0.3 is 9.30 Å². The smallest absolute Gasteiger partial charge is 0.321 e. The van der Waals surface area contributed by atoms with Crippen LogP contribution in [0.5, 0.6) is 6.01 Å². The predicted molar refractivity (Wildman–Crippen MR) is 58.2 cm³/mol. The van der Waals surface area contributed by atoms with Gasteiger partial charge in [0.1, 0.15) is 0 Å². The average molecular weight is 240 g/mol. The molecule has 0 aliphatic carbocycles. The lowest BCUT2D eigenvalue weighted by atomic mass is 10.5. The highest BCUT2D eigenvalue weighted by Crippen LogP contribution is 2.16. The molecule has 2 heterocycles. The van der Waals surface area contributed by atoms with Crippen molar-refractivity contribution >= 4 is 11.6 Å². The molecular formula is C9H10ClN5O. The van der Waals surface area contributed by atoms with Crippen molar-refractivity contribution < 1.29 is 4.74 Å². The van der Waals surface area contributed by atoms with Gasteiger partial charge in [0, 0.05) is 19.4 Å². The van der Waals surface area contributed by atoms with Gasteiger partial charge in [-0.05, 0) is 18.5 Å². The standard InChI is InChI=1S/C9H10ClN5O/c1-3-16-9-13-6(12-8(10)14-9)7-11-4-5-15(7)2/h4-5H,3H2,1-2H3. The molecule has 7 heteroatoms. The second-order valence-electron chi connectivity index (χ2n) is 3.01. The van der Waals surface area contributed by atoms with Gasteiger partial charge in [-0.15, -0.1) is 0 Å². The fraction of sp³-hybridized carbons (Fsp3) is 0.333. The third-order valence-electron chi connectivity index (χ3n) is 1.88. The van der Waals surface area contributed by atoms with E-state index in [-0.39, 0.29) is 11.3 Å². The van der Waals surface area contributed by atoms with Crippen LogP contribution in [0.15, 0.2) is 12.4 Å². The largest absolute Gasteiger partial charge is 0.464 e. The molecule has 0 bridgehead atoms. The Morgan fingerprint density at radius 2 is 2.19 bits per heavy atom. The topological polar surface area (TPSA) is 65.7 Å². The minimum absolute atomic E-state index is 0.0939. The highest BCUT2D eigenvalue weighted by atomic mass is 35.5. The Hall–Kier alpha value is -1.69. The molecule has 2 aromatic heterocycles. The Balaban J connectivity index is 2.45. The second kappa shape index (κ2) is 4.44. The molecule has 0 saturated heterocycles. The molecule has 0 amide bonds. The number of nitrogens with zero attached hydrogens (tertiary/aromatic N) is 5. The zero-order valence-electron chi connectivity index (χ0n) is 8.88. The third-order valence-corrected chi connectivity index (χ3v) is 2.05. The van der Waals surface area contributed by atoms with Crippen LogP contribution in [0.25, 0.3) is 11.6 Å². The molecule has 0 fully saturated rings. The minimum Gasteiger partial charge on any atom is -0.464 e. The Morgan fingerprint density at radius 3 is 2.81 bits per heavy atom. The maximum Gasteiger partial charge on any atom is 0.321 e. The molecule has 0 radical (unpaired) electrons. The van der Waals surface area contributed by atoms with Crippen LogP contribution in [0.1, 0.15) is 6.92 Å². The molecule has 0 atom stereocenters. The number of rotatable bonds is 3. The Labute approximate surface area is 97.3 Å². The lowest BCUT2D eigenvalue weighted by Gasteiger charge is -2.04. The highest BCUT2D eigenvalue weighted by molar-refractivity contribution is 6.28. The van der Waals surface area contributed by atoms with Crippen molar-refractivity contribution in [2.24, 2.45) is 7.05 Å². The maximum atomic E-state index is 5.78. The third kappa shape index (κ3) is 2.11. The van der Waals surface area contributed by atoms with Crippen LogP contribution < -0.4 is 4.74 Å². The van der Waals surface area contributed by atoms with Crippen LogP contribution in [0, 0.1) is 0 Å². The van der Waals surface area contributed by atoms with Crippen LogP contribution in [-0.4, -0.2) is 31.1 Å². The lowest BCUT2D eigenvalue weighted by Crippen LogP contribution is -2.03. The molecule has 0 spiro atoms. The lowest BCUT2D eigenvalue weighted by molar-refractivity contribution is 0.311. The van der Waals surface area contributed by atoms with Gasteiger partial charge in [-0.2, -0.15) is 15.0 Å². The Bertz CT molecular complexity index is 498. The molecule has 0 saturated carbocycles. The molecule has 0 aliphatic rings. The van der Waals surface area contributed by atoms with Crippen molar-refractivity contribution in [2.45, 2.75) is 6.92 Å². The summed E-state index contributed by atoms with van der Waals surface area (Å²) in [6.45, 7) is 2.32. The fourth-order valence-electron chi connectivity index (χ4n) is 1.21. The summed E-state index contributed by atoms with van der Waals surface area (Å²) in [6, 6.07) is 0.209. The summed E-state index contributed by atoms with van der Waals surface area (Å²) in [5.74, 6) is 1.02. The molecule has 84 valence electrons. The first-order chi connectivity index (χ1) is 7.70. The van der Waals surface area contributed by atoms with Crippen molar-refractivity contribution in [1.29, 1.82) is 0 Å². The summed E-state index contributed by atoms with van der Waals surface area (Å²) in [4.78, 5) is 16.1. The van der Waals surface area contributed by atoms with E-state index in [0.717, 1.165) is 0 Å². The van der Waals surface area contributed by atoms with Gasteiger partial charge in [-0.3, -0.25) is 0 Å². The Kier molecular flexibility index (Phi) is 3.00. The van der Waals surface area contributed by atoms with Crippen molar-refractivity contribution in [1.82, 2.24) is 24.5 Å². The Morgan fingerprint density at radius 1 is 1.38 bits per heavy atom. The SMILES string of the molecule is CCOc1nc(Cl)nc(-c2nccn2C)n1. The zero-order valence-corrected chi connectivity index (χ0v) is 9.64. The first-order valence-corrected chi connectivity index (χ1v) is 5.10. The first-order valence-electron chi connectivity index (χ1n) is 4.72. The number of aryl methyl sites for hydroxylation is 1. The summed E-state index contributed by atoms with van der Waals surface area (Å²) in [5, 5.41) is 0.0939. The maximum absolute atomic E-state index is 5.78. The van der Waals surface area contributed by atoms with E-state index >= 15 is 0 Å². The normalized spacial score (nSPS) is 10.4. The molecule has 16 heavy (non-hydrogen) atoms. The van der Waals surface area contributed by atoms with E-state index in [2.05, 4.69) is 19.9 Å². The van der Waals surface area contributed by atoms with Crippen LogP contribution in [0.3, 0.4) is 0 Å². The number of ether oxygens (including phenoxy) is 1. The number of halogens is 1. The molecule has 2 rings (SSSR count). The van der Waals surface area contributed by atoms with E-state index in [0.29, 0.717) is 18.3 Å². The monoisotopic (exact) mass is 239 g/mol. The second-order valence-corrected chi connectivity index (χ2v) is 3.34. The summed E-state index contributed by atoms with van der Waals surface area (Å²) >= 11 is 5.78. The number of imidazole rings is 1. The van der Waals surface area contributed by atoms with E-state index in [1.54, 1.807) is 17.0 Å². The average Bonchev–Trinajstić information content (AvgIpc) is 2.64. The van der Waals surface area contributed by atoms with Gasteiger partial charge in [-0.1, -0.05) is 0 Å². The van der Waals surface area contributed by atoms with Crippen molar-refractivity contribution in [2.75, 3.05) is 6.61 Å². The summed E-state index contributed by atoms with van der Waals surface area (Å²) < 4.78 is 6.97. The molecule has 0 unspecified atom stereocenters. The molecule has 0 aromatic carbocycles. The number of hydrogen-bond donors (Lipinski definition) is 0. The first kappa shape index (κ1) is 10.8. The number of aromatic nitrogens is 5. The van der Waals surface area contributed by atoms with E-state index in [1.807, 2.05) is 14.0 Å². The highest BCUT2D eigenvalue weighted by Gasteiger charge is 2.11. The van der Waals surface area contributed by atoms with Gasteiger partial charge in [0.15, 0.2) is 5.82 Å². The van der Waals surface area contributed by atoms with Gasteiger partial charge in [0.05, 0.1) is 6.61 Å². The van der Waals surface area contributed by atoms with Gasteiger partial charge in [-0.25, -0.2) is 4.98 Å². The number of hydrogen-bond acceptors (Lipinski definition) is 5. The quantitative estimate of drug-likeness (QED) is 0.808. The summed E-state index contributed by atoms with van der Waals surface area (Å²) in [5.41, 5.74) is 0. The van der Waals surface area contributed by atoms with E-state index in [4.69, 9.17) is 16.3 Å². The zero-order chi connectivity index (χ0) is 11.5. The predicted octanol–water partition coefficient (Wildman–Crippen LogP) is 1.32. The molecule has 0 aliphatic heterocycles. The van der Waals surface area contributed by atoms with Crippen molar-refractivity contribution in [3.05, 3.63) is 17.7 Å². The molecule has 2 aromatic rings. The van der Waals surface area contributed by atoms with Crippen molar-refractivity contribution in [3.63, 3.8) is 0 Å². The van der Waals surface area contributed by atoms with E-state index < -0.39 is 0 Å². The van der Waals surface area contributed by atoms with Gasteiger partial charge in [0.2, 0.25) is 11.1 Å². The van der Waals surface area contributed by atoms with Crippen LogP contribution in [-0.2, 0) is 7.05 Å². The molecule has 6 nitrogen and oxygen atoms in total. The minimum atomic E-state index is 0.0939. The summed E-state index contributed by atoms with van der Waals surface area (Å²) in [6.07, 6.45) is 3.46. The van der Waals surface area contributed by atoms with E-state index in [1.165, 1.54) is 0 Å². The molecular weight excluding hydrogens is 230 g/mol. The molecule has 0 N–H and O–H groups in total. The van der Waals surface area contributed by atoms with E-state index in [9.17, 15) is 0 Å². The van der Waals surface area contributed by atoms with Crippen LogP contribution in [0.4, 0.5) is 0 Å². The van der Waals surface area contributed by atoms with Crippen LogP contribution in [0.2, 0.25) is 5.28 Å². The van der Waals surface area contributed by atoms with Gasteiger partial charge >= 0.3 is 6.01 Å².